The van der Waals surface area contributed by atoms with Crippen molar-refractivity contribution >= 4 is 22.4 Å². The van der Waals surface area contributed by atoms with Gasteiger partial charge < -0.3 is 4.74 Å². The van der Waals surface area contributed by atoms with Crippen LogP contribution >= 0.6 is 11.3 Å². The number of hydrogen-bond donors (Lipinski definition) is 1. The molecule has 0 fully saturated rings. The summed E-state index contributed by atoms with van der Waals surface area (Å²) in [6, 6.07) is 16.7. The van der Waals surface area contributed by atoms with Gasteiger partial charge >= 0.3 is 0 Å². The fraction of sp³-hybridized carbons (Fsp3) is 0.273. The minimum Gasteiger partial charge on any atom is -0.457 e. The largest absolute Gasteiger partial charge is 0.457 e. The van der Waals surface area contributed by atoms with Crippen LogP contribution in [0, 0.1) is 0 Å². The van der Waals surface area contributed by atoms with Crippen molar-refractivity contribution in [2.75, 3.05) is 18.4 Å². The molecule has 28 heavy (non-hydrogen) atoms. The van der Waals surface area contributed by atoms with Gasteiger partial charge in [-0.3, -0.25) is 15.0 Å². The lowest BCUT2D eigenvalue weighted by Gasteiger charge is -2.24. The van der Waals surface area contributed by atoms with Gasteiger partial charge in [0, 0.05) is 30.0 Å². The Kier molecular flexibility index (Phi) is 5.69. The highest BCUT2D eigenvalue weighted by Gasteiger charge is 2.21. The molecule has 0 saturated heterocycles. The molecule has 144 valence electrons. The molecule has 6 heteroatoms. The second-order valence-electron chi connectivity index (χ2n) is 6.81. The summed E-state index contributed by atoms with van der Waals surface area (Å²) in [6.07, 6.45) is 2.11. The van der Waals surface area contributed by atoms with Crippen LogP contribution in [0.3, 0.4) is 0 Å². The molecule has 3 aromatic rings. The lowest BCUT2D eigenvalue weighted by Crippen LogP contribution is -2.30. The third-order valence-electron chi connectivity index (χ3n) is 4.67. The van der Waals surface area contributed by atoms with Gasteiger partial charge in [-0.05, 0) is 49.4 Å². The Morgan fingerprint density at radius 2 is 1.89 bits per heavy atom. The first-order chi connectivity index (χ1) is 13.7. The van der Waals surface area contributed by atoms with E-state index in [4.69, 9.17) is 4.74 Å². The van der Waals surface area contributed by atoms with E-state index in [2.05, 4.69) is 22.1 Å². The number of carbonyl (C=O) groups excluding carboxylic acids is 1. The van der Waals surface area contributed by atoms with Crippen LogP contribution in [0.1, 0.15) is 34.3 Å². The highest BCUT2D eigenvalue weighted by molar-refractivity contribution is 7.15. The molecule has 0 atom stereocenters. The summed E-state index contributed by atoms with van der Waals surface area (Å²) in [5.74, 6) is 1.32. The molecule has 1 aliphatic heterocycles. The average Bonchev–Trinajstić information content (AvgIpc) is 3.11. The van der Waals surface area contributed by atoms with Gasteiger partial charge in [-0.2, -0.15) is 0 Å². The molecule has 1 amide bonds. The Hall–Kier alpha value is -2.70. The Balaban J connectivity index is 1.39. The lowest BCUT2D eigenvalue weighted by molar-refractivity contribution is 0.102. The number of amides is 1. The van der Waals surface area contributed by atoms with Gasteiger partial charge in [0.1, 0.15) is 11.5 Å². The zero-order valence-corrected chi connectivity index (χ0v) is 16.7. The highest BCUT2D eigenvalue weighted by Crippen LogP contribution is 2.29. The molecule has 0 bridgehead atoms. The molecule has 2 aromatic carbocycles. The second-order valence-corrected chi connectivity index (χ2v) is 7.89. The number of benzene rings is 2. The standard InChI is InChI=1S/C22H23N3O2S/c1-2-13-25-14-12-19-20(15-25)28-22(23-19)24-21(26)16-8-10-18(11-9-16)27-17-6-4-3-5-7-17/h3-11H,2,12-15H2,1H3,(H,23,24,26). The van der Waals surface area contributed by atoms with Gasteiger partial charge in [-0.25, -0.2) is 4.98 Å². The summed E-state index contributed by atoms with van der Waals surface area (Å²) in [5.41, 5.74) is 1.71. The molecule has 5 nitrogen and oxygen atoms in total. The number of nitrogens with zero attached hydrogens (tertiary/aromatic N) is 2. The number of para-hydroxylation sites is 1. The topological polar surface area (TPSA) is 54.5 Å². The average molecular weight is 394 g/mol. The number of nitrogens with one attached hydrogen (secondary N) is 1. The van der Waals surface area contributed by atoms with Crippen LogP contribution in [0.15, 0.2) is 54.6 Å². The first-order valence-electron chi connectivity index (χ1n) is 9.56. The van der Waals surface area contributed by atoms with Crippen LogP contribution in [0.25, 0.3) is 0 Å². The van der Waals surface area contributed by atoms with Crippen molar-refractivity contribution < 1.29 is 9.53 Å². The SMILES string of the molecule is CCCN1CCc2nc(NC(=O)c3ccc(Oc4ccccc4)cc3)sc2C1. The second kappa shape index (κ2) is 8.54. The van der Waals surface area contributed by atoms with Gasteiger partial charge in [0.15, 0.2) is 5.13 Å². The lowest BCUT2D eigenvalue weighted by atomic mass is 10.2. The van der Waals surface area contributed by atoms with Gasteiger partial charge in [0.05, 0.1) is 5.69 Å². The van der Waals surface area contributed by atoms with E-state index in [1.807, 2.05) is 30.3 Å². The maximum atomic E-state index is 12.6. The summed E-state index contributed by atoms with van der Waals surface area (Å²) < 4.78 is 5.77. The van der Waals surface area contributed by atoms with E-state index in [0.29, 0.717) is 16.4 Å². The van der Waals surface area contributed by atoms with Crippen molar-refractivity contribution in [3.8, 4) is 11.5 Å². The van der Waals surface area contributed by atoms with E-state index in [9.17, 15) is 4.79 Å². The molecule has 1 N–H and O–H groups in total. The maximum Gasteiger partial charge on any atom is 0.257 e. The van der Waals surface area contributed by atoms with Gasteiger partial charge in [0.25, 0.3) is 5.91 Å². The van der Waals surface area contributed by atoms with Crippen molar-refractivity contribution in [1.29, 1.82) is 0 Å². The number of rotatable bonds is 6. The van der Waals surface area contributed by atoms with Gasteiger partial charge in [-0.1, -0.05) is 25.1 Å². The van der Waals surface area contributed by atoms with Crippen molar-refractivity contribution in [3.05, 3.63) is 70.7 Å². The molecule has 4 rings (SSSR count). The predicted molar refractivity (Wildman–Crippen MR) is 112 cm³/mol. The zero-order chi connectivity index (χ0) is 19.3. The number of carbonyl (C=O) groups is 1. The van der Waals surface area contributed by atoms with Crippen LogP contribution in [0.2, 0.25) is 0 Å². The number of aromatic nitrogens is 1. The van der Waals surface area contributed by atoms with Crippen LogP contribution in [0.5, 0.6) is 11.5 Å². The van der Waals surface area contributed by atoms with E-state index in [1.54, 1.807) is 35.6 Å². The first kappa shape index (κ1) is 18.7. The number of fused-ring (bicyclic) bond motifs is 1. The van der Waals surface area contributed by atoms with Gasteiger partial charge in [0.2, 0.25) is 0 Å². The fourth-order valence-corrected chi connectivity index (χ4v) is 4.32. The molecule has 0 spiro atoms. The predicted octanol–water partition coefficient (Wildman–Crippen LogP) is 4.96. The highest BCUT2D eigenvalue weighted by atomic mass is 32.1. The Bertz CT molecular complexity index is 938. The molecule has 1 aliphatic rings. The van der Waals surface area contributed by atoms with Crippen LogP contribution in [0.4, 0.5) is 5.13 Å². The summed E-state index contributed by atoms with van der Waals surface area (Å²) in [7, 11) is 0. The monoisotopic (exact) mass is 393 g/mol. The van der Waals surface area contributed by atoms with E-state index in [-0.39, 0.29) is 5.91 Å². The number of hydrogen-bond acceptors (Lipinski definition) is 5. The number of ether oxygens (including phenoxy) is 1. The van der Waals surface area contributed by atoms with Gasteiger partial charge in [-0.15, -0.1) is 11.3 Å². The van der Waals surface area contributed by atoms with Crippen LogP contribution in [-0.4, -0.2) is 28.9 Å². The molecule has 0 unspecified atom stereocenters. The molecule has 0 saturated carbocycles. The molecule has 1 aromatic heterocycles. The van der Waals surface area contributed by atoms with E-state index in [0.717, 1.165) is 43.9 Å². The van der Waals surface area contributed by atoms with Crippen molar-refractivity contribution in [1.82, 2.24) is 9.88 Å². The molecular formula is C22H23N3O2S. The van der Waals surface area contributed by atoms with Crippen molar-refractivity contribution in [2.24, 2.45) is 0 Å². The van der Waals surface area contributed by atoms with Crippen molar-refractivity contribution in [2.45, 2.75) is 26.3 Å². The fourth-order valence-electron chi connectivity index (χ4n) is 3.28. The normalized spacial score (nSPS) is 13.8. The summed E-state index contributed by atoms with van der Waals surface area (Å²) in [5, 5.41) is 3.62. The summed E-state index contributed by atoms with van der Waals surface area (Å²) in [6.45, 7) is 5.28. The molecular weight excluding hydrogens is 370 g/mol. The number of thiazole rings is 1. The minimum absolute atomic E-state index is 0.150. The van der Waals surface area contributed by atoms with E-state index >= 15 is 0 Å². The van der Waals surface area contributed by atoms with Crippen molar-refractivity contribution in [3.63, 3.8) is 0 Å². The maximum absolute atomic E-state index is 12.6. The quantitative estimate of drug-likeness (QED) is 0.643. The number of anilines is 1. The Morgan fingerprint density at radius 3 is 2.64 bits per heavy atom. The Labute approximate surface area is 169 Å². The third-order valence-corrected chi connectivity index (χ3v) is 5.66. The van der Waals surface area contributed by atoms with Crippen LogP contribution < -0.4 is 10.1 Å². The minimum atomic E-state index is -0.150. The molecule has 0 radical (unpaired) electrons. The summed E-state index contributed by atoms with van der Waals surface area (Å²) in [4.78, 5) is 20.9. The summed E-state index contributed by atoms with van der Waals surface area (Å²) >= 11 is 1.58. The molecule has 2 heterocycles. The third kappa shape index (κ3) is 4.40. The smallest absolute Gasteiger partial charge is 0.257 e. The van der Waals surface area contributed by atoms with E-state index < -0.39 is 0 Å². The zero-order valence-electron chi connectivity index (χ0n) is 15.9. The van der Waals surface area contributed by atoms with Crippen LogP contribution in [-0.2, 0) is 13.0 Å². The Morgan fingerprint density at radius 1 is 1.14 bits per heavy atom. The van der Waals surface area contributed by atoms with E-state index in [1.165, 1.54) is 4.88 Å². The first-order valence-corrected chi connectivity index (χ1v) is 10.4. The molecule has 0 aliphatic carbocycles.